The number of carbonyl (C=O) groups is 1. The molecule has 0 atom stereocenters. The zero-order valence-electron chi connectivity index (χ0n) is 20.1. The van der Waals surface area contributed by atoms with E-state index in [1.54, 1.807) is 23.8 Å². The number of pyridine rings is 2. The Bertz CT molecular complexity index is 1180. The van der Waals surface area contributed by atoms with Crippen LogP contribution in [0.25, 0.3) is 27.7 Å². The maximum atomic E-state index is 12.4. The quantitative estimate of drug-likeness (QED) is 0.218. The molecule has 35 heavy (non-hydrogen) atoms. The Labute approximate surface area is 203 Å². The lowest BCUT2D eigenvalue weighted by atomic mass is 9.99. The number of halogens is 2. The Hall–Kier alpha value is -3.69. The number of aromatic nitrogens is 2. The largest absolute Gasteiger partial charge is 0.494 e. The number of fused-ring (bicyclic) bond motifs is 1. The molecule has 0 saturated heterocycles. The van der Waals surface area contributed by atoms with Gasteiger partial charge >= 0.3 is 6.61 Å². The predicted molar refractivity (Wildman–Crippen MR) is 131 cm³/mol. The number of carbonyl (C=O) groups excluding carboxylic acids is 1. The third-order valence-corrected chi connectivity index (χ3v) is 4.81. The number of hydrogen-bond acceptors (Lipinski definition) is 6. The van der Waals surface area contributed by atoms with E-state index < -0.39 is 12.5 Å². The SMILES string of the molecule is CC.CC/C=C(\C=C/COC(F)F)c1ccc(-c2nc3ccncc3c(C(=O)NO)c2OC)cc1. The summed E-state index contributed by atoms with van der Waals surface area (Å²) in [5.74, 6) is -0.544. The average molecular weight is 486 g/mol. The molecule has 7 nitrogen and oxygen atoms in total. The van der Waals surface area contributed by atoms with Crippen LogP contribution in [0, 0.1) is 0 Å². The number of hydrogen-bond donors (Lipinski definition) is 2. The second-order valence-corrected chi connectivity index (χ2v) is 6.84. The molecule has 0 bridgehead atoms. The Morgan fingerprint density at radius 3 is 2.51 bits per heavy atom. The molecule has 0 unspecified atom stereocenters. The zero-order chi connectivity index (χ0) is 25.8. The topological polar surface area (TPSA) is 93.6 Å². The fraction of sp³-hybridized carbons (Fsp3) is 0.269. The summed E-state index contributed by atoms with van der Waals surface area (Å²) in [5.41, 5.74) is 5.10. The molecule has 2 N–H and O–H groups in total. The first-order chi connectivity index (χ1) is 17.0. The minimum Gasteiger partial charge on any atom is -0.494 e. The summed E-state index contributed by atoms with van der Waals surface area (Å²) in [6.07, 6.45) is 9.02. The second-order valence-electron chi connectivity index (χ2n) is 6.84. The molecule has 0 aliphatic carbocycles. The van der Waals surface area contributed by atoms with Crippen LogP contribution in [-0.4, -0.2) is 41.4 Å². The standard InChI is InChI=1S/C24H23F2N3O4.C2H6/c1-3-5-15(6-4-13-33-24(25)26)16-7-9-17(10-8-16)21-22(32-2)20(23(30)29-31)18-14-27-12-11-19(18)28-21;1-2/h4-12,14,24,31H,3,13H2,1-2H3,(H,29,30);1-2H3/b6-4-,15-5+;. The van der Waals surface area contributed by atoms with E-state index in [2.05, 4.69) is 14.7 Å². The molecule has 0 aliphatic heterocycles. The summed E-state index contributed by atoms with van der Waals surface area (Å²) in [4.78, 5) is 21.1. The molecule has 0 spiro atoms. The number of nitrogens with one attached hydrogen (secondary N) is 1. The van der Waals surface area contributed by atoms with Crippen LogP contribution in [0.5, 0.6) is 5.75 Å². The molecule has 2 heterocycles. The highest BCUT2D eigenvalue weighted by atomic mass is 19.3. The van der Waals surface area contributed by atoms with E-state index in [0.717, 1.165) is 17.6 Å². The van der Waals surface area contributed by atoms with Gasteiger partial charge in [0.25, 0.3) is 5.91 Å². The number of amides is 1. The van der Waals surface area contributed by atoms with Crippen molar-refractivity contribution in [1.82, 2.24) is 15.4 Å². The van der Waals surface area contributed by atoms with E-state index >= 15 is 0 Å². The number of allylic oxidation sites excluding steroid dienone is 3. The predicted octanol–water partition coefficient (Wildman–Crippen LogP) is 6.04. The first kappa shape index (κ1) is 27.6. The van der Waals surface area contributed by atoms with Crippen molar-refractivity contribution in [2.75, 3.05) is 13.7 Å². The van der Waals surface area contributed by atoms with Gasteiger partial charge < -0.3 is 9.47 Å². The number of nitrogens with zero attached hydrogens (tertiary/aromatic N) is 2. The highest BCUT2D eigenvalue weighted by Crippen LogP contribution is 2.36. The number of methoxy groups -OCH3 is 1. The van der Waals surface area contributed by atoms with Gasteiger partial charge in [-0.15, -0.1) is 0 Å². The van der Waals surface area contributed by atoms with Gasteiger partial charge in [-0.3, -0.25) is 15.0 Å². The molecule has 0 saturated carbocycles. The highest BCUT2D eigenvalue weighted by Gasteiger charge is 2.22. The van der Waals surface area contributed by atoms with E-state index in [4.69, 9.17) is 4.74 Å². The molecule has 3 rings (SSSR count). The summed E-state index contributed by atoms with van der Waals surface area (Å²) in [6.45, 7) is 2.97. The van der Waals surface area contributed by atoms with Crippen LogP contribution in [0.4, 0.5) is 8.78 Å². The fourth-order valence-corrected chi connectivity index (χ4v) is 3.39. The third kappa shape index (κ3) is 6.91. The van der Waals surface area contributed by atoms with Gasteiger partial charge in [0.15, 0.2) is 5.75 Å². The number of hydroxylamine groups is 1. The van der Waals surface area contributed by atoms with Crippen molar-refractivity contribution in [2.45, 2.75) is 33.8 Å². The molecule has 2 aromatic heterocycles. The second kappa shape index (κ2) is 13.9. The number of rotatable bonds is 9. The highest BCUT2D eigenvalue weighted by molar-refractivity contribution is 6.09. The van der Waals surface area contributed by atoms with E-state index in [1.165, 1.54) is 19.4 Å². The Balaban J connectivity index is 0.00000210. The average Bonchev–Trinajstić information content (AvgIpc) is 2.90. The van der Waals surface area contributed by atoms with Crippen molar-refractivity contribution in [3.05, 3.63) is 72.1 Å². The van der Waals surface area contributed by atoms with Crippen LogP contribution < -0.4 is 10.2 Å². The van der Waals surface area contributed by atoms with Gasteiger partial charge in [0, 0.05) is 23.3 Å². The van der Waals surface area contributed by atoms with Crippen molar-refractivity contribution in [3.63, 3.8) is 0 Å². The van der Waals surface area contributed by atoms with Gasteiger partial charge in [-0.1, -0.05) is 63.3 Å². The molecule has 0 aliphatic rings. The van der Waals surface area contributed by atoms with Crippen molar-refractivity contribution >= 4 is 22.4 Å². The monoisotopic (exact) mass is 485 g/mol. The van der Waals surface area contributed by atoms with Gasteiger partial charge in [-0.2, -0.15) is 8.78 Å². The molecule has 1 amide bonds. The maximum Gasteiger partial charge on any atom is 0.345 e. The minimum absolute atomic E-state index is 0.116. The van der Waals surface area contributed by atoms with Crippen LogP contribution in [0.15, 0.2) is 61.0 Å². The van der Waals surface area contributed by atoms with Crippen LogP contribution >= 0.6 is 0 Å². The van der Waals surface area contributed by atoms with Crippen molar-refractivity contribution in [2.24, 2.45) is 0 Å². The van der Waals surface area contributed by atoms with Crippen molar-refractivity contribution < 1.29 is 28.3 Å². The summed E-state index contributed by atoms with van der Waals surface area (Å²) in [5, 5.41) is 9.67. The van der Waals surface area contributed by atoms with Gasteiger partial charge in [0.05, 0.1) is 24.8 Å². The van der Waals surface area contributed by atoms with Gasteiger partial charge in [-0.05, 0) is 23.6 Å². The lowest BCUT2D eigenvalue weighted by Gasteiger charge is -2.15. The van der Waals surface area contributed by atoms with Crippen molar-refractivity contribution in [3.8, 4) is 17.0 Å². The van der Waals surface area contributed by atoms with Gasteiger partial charge in [0.2, 0.25) is 0 Å². The molecule has 0 radical (unpaired) electrons. The normalized spacial score (nSPS) is 11.5. The Kier molecular flexibility index (Phi) is 10.9. The first-order valence-electron chi connectivity index (χ1n) is 11.1. The molecule has 9 heteroatoms. The number of ether oxygens (including phenoxy) is 2. The Morgan fingerprint density at radius 2 is 1.91 bits per heavy atom. The van der Waals surface area contributed by atoms with Crippen LogP contribution in [0.3, 0.4) is 0 Å². The molecule has 3 aromatic rings. The lowest BCUT2D eigenvalue weighted by Crippen LogP contribution is -2.20. The van der Waals surface area contributed by atoms with E-state index in [9.17, 15) is 18.8 Å². The summed E-state index contributed by atoms with van der Waals surface area (Å²) in [7, 11) is 1.42. The maximum absolute atomic E-state index is 12.4. The first-order valence-corrected chi connectivity index (χ1v) is 11.1. The van der Waals surface area contributed by atoms with Crippen LogP contribution in [-0.2, 0) is 4.74 Å². The van der Waals surface area contributed by atoms with E-state index in [0.29, 0.717) is 22.2 Å². The smallest absolute Gasteiger partial charge is 0.345 e. The number of alkyl halides is 2. The molecule has 0 fully saturated rings. The van der Waals surface area contributed by atoms with Crippen molar-refractivity contribution in [1.29, 1.82) is 0 Å². The number of benzene rings is 1. The fourth-order valence-electron chi connectivity index (χ4n) is 3.39. The van der Waals surface area contributed by atoms with E-state index in [1.807, 2.05) is 51.1 Å². The molecular weight excluding hydrogens is 456 g/mol. The van der Waals surface area contributed by atoms with Gasteiger partial charge in [0.1, 0.15) is 5.69 Å². The Morgan fingerprint density at radius 1 is 1.20 bits per heavy atom. The zero-order valence-corrected chi connectivity index (χ0v) is 20.1. The molecule has 1 aromatic carbocycles. The minimum atomic E-state index is -2.81. The summed E-state index contributed by atoms with van der Waals surface area (Å²) in [6, 6.07) is 9.02. The molecule has 186 valence electrons. The van der Waals surface area contributed by atoms with Gasteiger partial charge in [-0.25, -0.2) is 10.5 Å². The summed E-state index contributed by atoms with van der Waals surface area (Å²) < 4.78 is 34.1. The molecular formula is C26H29F2N3O4. The van der Waals surface area contributed by atoms with Crippen LogP contribution in [0.2, 0.25) is 0 Å². The van der Waals surface area contributed by atoms with E-state index in [-0.39, 0.29) is 17.9 Å². The lowest BCUT2D eigenvalue weighted by molar-refractivity contribution is -0.119. The van der Waals surface area contributed by atoms with Crippen LogP contribution in [0.1, 0.15) is 43.1 Å². The summed E-state index contributed by atoms with van der Waals surface area (Å²) >= 11 is 0. The third-order valence-electron chi connectivity index (χ3n) is 4.81.